The molecular weight excluding hydrogens is 248 g/mol. The molecule has 0 unspecified atom stereocenters. The highest BCUT2D eigenvalue weighted by Gasteiger charge is 2.16. The standard InChI is InChI=1S/C12H18N4O3/c1-19-11(17)9-16-8-10(7-13-16)14-12(18)15-5-3-2-4-6-15/h7-8H,2-6,9H2,1H3,(H,14,18). The molecule has 0 bridgehead atoms. The maximum atomic E-state index is 11.9. The van der Waals surface area contributed by atoms with Crippen LogP contribution in [0.5, 0.6) is 0 Å². The summed E-state index contributed by atoms with van der Waals surface area (Å²) in [6, 6.07) is -0.114. The second kappa shape index (κ2) is 6.21. The number of piperidine rings is 1. The lowest BCUT2D eigenvalue weighted by molar-refractivity contribution is -0.141. The number of carbonyl (C=O) groups is 2. The third-order valence-electron chi connectivity index (χ3n) is 3.05. The van der Waals surface area contributed by atoms with Gasteiger partial charge in [0.2, 0.25) is 0 Å². The molecule has 19 heavy (non-hydrogen) atoms. The summed E-state index contributed by atoms with van der Waals surface area (Å²) in [6.45, 7) is 1.63. The molecule has 0 aliphatic carbocycles. The summed E-state index contributed by atoms with van der Waals surface area (Å²) in [5.74, 6) is -0.378. The van der Waals surface area contributed by atoms with Crippen LogP contribution in [-0.4, -0.2) is 46.9 Å². The minimum atomic E-state index is -0.378. The third kappa shape index (κ3) is 3.70. The van der Waals surface area contributed by atoms with Gasteiger partial charge in [0.25, 0.3) is 0 Å². The van der Waals surface area contributed by atoms with Gasteiger partial charge in [-0.05, 0) is 19.3 Å². The summed E-state index contributed by atoms with van der Waals surface area (Å²) < 4.78 is 5.97. The lowest BCUT2D eigenvalue weighted by Crippen LogP contribution is -2.38. The zero-order chi connectivity index (χ0) is 13.7. The molecule has 1 aliphatic heterocycles. The predicted molar refractivity (Wildman–Crippen MR) is 68.7 cm³/mol. The van der Waals surface area contributed by atoms with Crippen molar-refractivity contribution in [1.82, 2.24) is 14.7 Å². The van der Waals surface area contributed by atoms with Crippen molar-refractivity contribution in [2.24, 2.45) is 0 Å². The van der Waals surface area contributed by atoms with E-state index in [9.17, 15) is 9.59 Å². The summed E-state index contributed by atoms with van der Waals surface area (Å²) >= 11 is 0. The summed E-state index contributed by atoms with van der Waals surface area (Å²) in [7, 11) is 1.32. The summed E-state index contributed by atoms with van der Waals surface area (Å²) in [4.78, 5) is 24.8. The quantitative estimate of drug-likeness (QED) is 0.830. The molecule has 1 N–H and O–H groups in total. The van der Waals surface area contributed by atoms with Crippen LogP contribution in [0, 0.1) is 0 Å². The first-order valence-corrected chi connectivity index (χ1v) is 6.34. The van der Waals surface area contributed by atoms with Crippen LogP contribution in [0.2, 0.25) is 0 Å². The Labute approximate surface area is 111 Å². The van der Waals surface area contributed by atoms with Crippen LogP contribution in [0.4, 0.5) is 10.5 Å². The van der Waals surface area contributed by atoms with E-state index in [0.29, 0.717) is 5.69 Å². The van der Waals surface area contributed by atoms with E-state index in [1.54, 1.807) is 11.1 Å². The lowest BCUT2D eigenvalue weighted by Gasteiger charge is -2.26. The Balaban J connectivity index is 1.88. The smallest absolute Gasteiger partial charge is 0.327 e. The maximum Gasteiger partial charge on any atom is 0.327 e. The summed E-state index contributed by atoms with van der Waals surface area (Å²) in [5.41, 5.74) is 0.583. The second-order valence-corrected chi connectivity index (χ2v) is 4.48. The van der Waals surface area contributed by atoms with Gasteiger partial charge in [0, 0.05) is 19.3 Å². The number of urea groups is 1. The minimum absolute atomic E-state index is 0.0378. The van der Waals surface area contributed by atoms with Crippen LogP contribution in [0.1, 0.15) is 19.3 Å². The molecule has 1 aromatic rings. The van der Waals surface area contributed by atoms with Crippen molar-refractivity contribution >= 4 is 17.7 Å². The van der Waals surface area contributed by atoms with Gasteiger partial charge in [0.1, 0.15) is 6.54 Å². The highest BCUT2D eigenvalue weighted by molar-refractivity contribution is 5.89. The molecule has 0 atom stereocenters. The molecule has 2 rings (SSSR count). The van der Waals surface area contributed by atoms with Gasteiger partial charge >= 0.3 is 12.0 Å². The number of carbonyl (C=O) groups excluding carboxylic acids is 2. The fraction of sp³-hybridized carbons (Fsp3) is 0.583. The number of amides is 2. The van der Waals surface area contributed by atoms with E-state index in [4.69, 9.17) is 0 Å². The van der Waals surface area contributed by atoms with Crippen molar-refractivity contribution in [1.29, 1.82) is 0 Å². The zero-order valence-corrected chi connectivity index (χ0v) is 11.0. The van der Waals surface area contributed by atoms with Gasteiger partial charge in [0.05, 0.1) is 19.0 Å². The molecule has 0 aromatic carbocycles. The monoisotopic (exact) mass is 266 g/mol. The van der Waals surface area contributed by atoms with Gasteiger partial charge in [-0.15, -0.1) is 0 Å². The normalized spacial score (nSPS) is 15.1. The Morgan fingerprint density at radius 3 is 2.79 bits per heavy atom. The number of methoxy groups -OCH3 is 1. The highest BCUT2D eigenvalue weighted by atomic mass is 16.5. The Morgan fingerprint density at radius 2 is 2.11 bits per heavy atom. The van der Waals surface area contributed by atoms with Crippen LogP contribution in [0.3, 0.4) is 0 Å². The molecule has 104 valence electrons. The molecule has 0 radical (unpaired) electrons. The average molecular weight is 266 g/mol. The van der Waals surface area contributed by atoms with E-state index in [-0.39, 0.29) is 18.5 Å². The van der Waals surface area contributed by atoms with Crippen LogP contribution in [0.25, 0.3) is 0 Å². The van der Waals surface area contributed by atoms with Gasteiger partial charge in [-0.3, -0.25) is 9.48 Å². The van der Waals surface area contributed by atoms with E-state index in [0.717, 1.165) is 25.9 Å². The Hall–Kier alpha value is -2.05. The van der Waals surface area contributed by atoms with E-state index in [2.05, 4.69) is 15.2 Å². The van der Waals surface area contributed by atoms with Crippen molar-refractivity contribution < 1.29 is 14.3 Å². The molecule has 1 aromatic heterocycles. The molecule has 7 nitrogen and oxygen atoms in total. The van der Waals surface area contributed by atoms with Gasteiger partial charge < -0.3 is 15.0 Å². The summed E-state index contributed by atoms with van der Waals surface area (Å²) in [5, 5.41) is 6.76. The van der Waals surface area contributed by atoms with E-state index < -0.39 is 0 Å². The first-order chi connectivity index (χ1) is 9.19. The maximum absolute atomic E-state index is 11.9. The number of esters is 1. The fourth-order valence-corrected chi connectivity index (χ4v) is 2.01. The number of rotatable bonds is 3. The number of nitrogens with one attached hydrogen (secondary N) is 1. The molecular formula is C12H18N4O3. The Morgan fingerprint density at radius 1 is 1.37 bits per heavy atom. The number of aromatic nitrogens is 2. The lowest BCUT2D eigenvalue weighted by atomic mass is 10.1. The van der Waals surface area contributed by atoms with E-state index in [1.165, 1.54) is 24.4 Å². The minimum Gasteiger partial charge on any atom is -0.468 e. The molecule has 0 saturated carbocycles. The third-order valence-corrected chi connectivity index (χ3v) is 3.05. The zero-order valence-electron chi connectivity index (χ0n) is 11.0. The second-order valence-electron chi connectivity index (χ2n) is 4.48. The number of hydrogen-bond acceptors (Lipinski definition) is 4. The van der Waals surface area contributed by atoms with Crippen LogP contribution in [-0.2, 0) is 16.1 Å². The molecule has 1 aliphatic rings. The average Bonchev–Trinajstić information content (AvgIpc) is 2.86. The van der Waals surface area contributed by atoms with Gasteiger partial charge in [-0.2, -0.15) is 5.10 Å². The number of nitrogens with zero attached hydrogens (tertiary/aromatic N) is 3. The number of likely N-dealkylation sites (tertiary alicyclic amines) is 1. The van der Waals surface area contributed by atoms with Gasteiger partial charge in [0.15, 0.2) is 0 Å². The molecule has 2 heterocycles. The number of hydrogen-bond donors (Lipinski definition) is 1. The van der Waals surface area contributed by atoms with Crippen molar-refractivity contribution in [3.8, 4) is 0 Å². The van der Waals surface area contributed by atoms with E-state index in [1.807, 2.05) is 0 Å². The van der Waals surface area contributed by atoms with Crippen LogP contribution >= 0.6 is 0 Å². The van der Waals surface area contributed by atoms with Gasteiger partial charge in [-0.1, -0.05) is 0 Å². The molecule has 0 spiro atoms. The number of ether oxygens (including phenoxy) is 1. The SMILES string of the molecule is COC(=O)Cn1cc(NC(=O)N2CCCCC2)cn1. The number of anilines is 1. The Bertz CT molecular complexity index is 452. The molecule has 2 amide bonds. The first-order valence-electron chi connectivity index (χ1n) is 6.34. The van der Waals surface area contributed by atoms with Crippen molar-refractivity contribution in [2.45, 2.75) is 25.8 Å². The van der Waals surface area contributed by atoms with E-state index >= 15 is 0 Å². The summed E-state index contributed by atoms with van der Waals surface area (Å²) in [6.07, 6.45) is 6.41. The van der Waals surface area contributed by atoms with Crippen LogP contribution in [0.15, 0.2) is 12.4 Å². The molecule has 1 fully saturated rings. The van der Waals surface area contributed by atoms with Crippen molar-refractivity contribution in [2.75, 3.05) is 25.5 Å². The predicted octanol–water partition coefficient (Wildman–Crippen LogP) is 1.07. The topological polar surface area (TPSA) is 76.5 Å². The van der Waals surface area contributed by atoms with Crippen molar-refractivity contribution in [3.05, 3.63) is 12.4 Å². The largest absolute Gasteiger partial charge is 0.468 e. The molecule has 1 saturated heterocycles. The first kappa shape index (κ1) is 13.4. The van der Waals surface area contributed by atoms with Gasteiger partial charge in [-0.25, -0.2) is 4.79 Å². The van der Waals surface area contributed by atoms with Crippen molar-refractivity contribution in [3.63, 3.8) is 0 Å². The molecule has 7 heteroatoms. The highest BCUT2D eigenvalue weighted by Crippen LogP contribution is 2.12. The Kier molecular flexibility index (Phi) is 4.38. The fourth-order valence-electron chi connectivity index (χ4n) is 2.01. The van der Waals surface area contributed by atoms with Crippen LogP contribution < -0.4 is 5.32 Å².